The van der Waals surface area contributed by atoms with E-state index < -0.39 is 0 Å². The van der Waals surface area contributed by atoms with Crippen molar-refractivity contribution in [2.45, 2.75) is 32.9 Å². The molecule has 172 valence electrons. The smallest absolute Gasteiger partial charge is 0.178 e. The van der Waals surface area contributed by atoms with Crippen molar-refractivity contribution in [1.82, 2.24) is 19.5 Å². The number of benzene rings is 2. The van der Waals surface area contributed by atoms with E-state index in [1.54, 1.807) is 13.4 Å². The molecule has 5 rings (SSSR count). The summed E-state index contributed by atoms with van der Waals surface area (Å²) in [4.78, 5) is 14.9. The van der Waals surface area contributed by atoms with Crippen molar-refractivity contribution in [2.24, 2.45) is 5.92 Å². The number of hydrogen-bond donors (Lipinski definition) is 2. The fraction of sp³-hybridized carbons (Fsp3) is 0.400. The average Bonchev–Trinajstić information content (AvgIpc) is 3.16. The number of nitrogens with one attached hydrogen (secondary N) is 2. The van der Waals surface area contributed by atoms with E-state index in [-0.39, 0.29) is 0 Å². The zero-order chi connectivity index (χ0) is 22.8. The lowest BCUT2D eigenvalue weighted by Crippen LogP contribution is -2.35. The third-order valence-corrected chi connectivity index (χ3v) is 6.96. The Labute approximate surface area is 198 Å². The number of aromatic nitrogens is 4. The molecule has 2 N–H and O–H groups in total. The Hall–Kier alpha value is -2.97. The lowest BCUT2D eigenvalue weighted by molar-refractivity contribution is 0.139. The molecule has 1 fully saturated rings. The van der Waals surface area contributed by atoms with E-state index in [4.69, 9.17) is 17.0 Å². The number of aryl methyl sites for hydroxylation is 1. The summed E-state index contributed by atoms with van der Waals surface area (Å²) in [6.07, 6.45) is 3.96. The number of aromatic amines is 1. The first-order valence-corrected chi connectivity index (χ1v) is 12.0. The summed E-state index contributed by atoms with van der Waals surface area (Å²) in [6.45, 7) is 6.60. The summed E-state index contributed by atoms with van der Waals surface area (Å²) < 4.78 is 8.18. The van der Waals surface area contributed by atoms with Crippen molar-refractivity contribution in [3.8, 4) is 0 Å². The molecule has 0 amide bonds. The molecule has 0 aliphatic carbocycles. The second-order valence-corrected chi connectivity index (χ2v) is 9.04. The van der Waals surface area contributed by atoms with Gasteiger partial charge in [0.2, 0.25) is 0 Å². The number of imidazole rings is 1. The lowest BCUT2D eigenvalue weighted by Gasteiger charge is -2.34. The van der Waals surface area contributed by atoms with Gasteiger partial charge in [-0.25, -0.2) is 9.97 Å². The van der Waals surface area contributed by atoms with Crippen molar-refractivity contribution >= 4 is 45.7 Å². The van der Waals surface area contributed by atoms with E-state index >= 15 is 0 Å². The summed E-state index contributed by atoms with van der Waals surface area (Å²) in [7, 11) is 1.79. The van der Waals surface area contributed by atoms with Crippen LogP contribution in [-0.2, 0) is 17.8 Å². The van der Waals surface area contributed by atoms with E-state index in [0.717, 1.165) is 58.8 Å². The molecule has 4 aromatic rings. The van der Waals surface area contributed by atoms with Gasteiger partial charge in [0.1, 0.15) is 12.1 Å². The van der Waals surface area contributed by atoms with Gasteiger partial charge in [0, 0.05) is 51.0 Å². The highest BCUT2D eigenvalue weighted by atomic mass is 32.1. The lowest BCUT2D eigenvalue weighted by atomic mass is 9.96. The van der Waals surface area contributed by atoms with Gasteiger partial charge < -0.3 is 24.5 Å². The molecular formula is C25H30N6OS. The normalized spacial score (nSPS) is 14.9. The fourth-order valence-corrected chi connectivity index (χ4v) is 5.22. The third-order valence-electron chi connectivity index (χ3n) is 6.64. The maximum absolute atomic E-state index is 5.48. The standard InChI is InChI=1S/C25H30N6OS/c1-3-31-23-13-20-19(12-21(23)29-25(31)33)24(28-16-27-20)26-14-18-6-4-5-7-22(18)30-10-8-17(9-11-30)15-32-2/h4-7,12-13,16-17H,3,8-11,14-15H2,1-2H3,(H,29,33)(H,26,27,28). The molecule has 0 bridgehead atoms. The largest absolute Gasteiger partial charge is 0.384 e. The molecule has 1 aliphatic rings. The molecule has 2 aromatic carbocycles. The number of hydrogen-bond acceptors (Lipinski definition) is 6. The first-order valence-electron chi connectivity index (χ1n) is 11.6. The van der Waals surface area contributed by atoms with Crippen LogP contribution in [0.1, 0.15) is 25.3 Å². The van der Waals surface area contributed by atoms with E-state index in [9.17, 15) is 0 Å². The summed E-state index contributed by atoms with van der Waals surface area (Å²) in [6, 6.07) is 12.8. The zero-order valence-electron chi connectivity index (χ0n) is 19.2. The predicted molar refractivity (Wildman–Crippen MR) is 136 cm³/mol. The Bertz CT molecular complexity index is 1320. The van der Waals surface area contributed by atoms with Gasteiger partial charge in [-0.1, -0.05) is 18.2 Å². The molecule has 0 saturated carbocycles. The van der Waals surface area contributed by atoms with Crippen molar-refractivity contribution < 1.29 is 4.74 Å². The predicted octanol–water partition coefficient (Wildman–Crippen LogP) is 5.14. The SMILES string of the molecule is CCn1c(=S)[nH]c2cc3c(NCc4ccccc4N4CCC(COC)CC4)ncnc3cc21. The van der Waals surface area contributed by atoms with Crippen LogP contribution in [0.5, 0.6) is 0 Å². The second kappa shape index (κ2) is 9.49. The highest BCUT2D eigenvalue weighted by Crippen LogP contribution is 2.29. The molecule has 0 spiro atoms. The van der Waals surface area contributed by atoms with Crippen molar-refractivity contribution in [2.75, 3.05) is 37.0 Å². The van der Waals surface area contributed by atoms with Gasteiger partial charge in [-0.15, -0.1) is 0 Å². The number of piperidine rings is 1. The molecule has 0 unspecified atom stereocenters. The average molecular weight is 463 g/mol. The van der Waals surface area contributed by atoms with Crippen LogP contribution >= 0.6 is 12.2 Å². The van der Waals surface area contributed by atoms with Crippen LogP contribution in [0.2, 0.25) is 0 Å². The molecular weight excluding hydrogens is 432 g/mol. The minimum atomic E-state index is 0.663. The molecule has 1 aliphatic heterocycles. The molecule has 2 aromatic heterocycles. The first-order chi connectivity index (χ1) is 16.2. The molecule has 0 radical (unpaired) electrons. The van der Waals surface area contributed by atoms with Crippen LogP contribution in [0.25, 0.3) is 21.9 Å². The Morgan fingerprint density at radius 1 is 1.18 bits per heavy atom. The Balaban J connectivity index is 1.39. The maximum atomic E-state index is 5.48. The second-order valence-electron chi connectivity index (χ2n) is 8.65. The third kappa shape index (κ3) is 4.32. The summed E-state index contributed by atoms with van der Waals surface area (Å²) in [5.41, 5.74) is 5.55. The molecule has 3 heterocycles. The molecule has 1 saturated heterocycles. The van der Waals surface area contributed by atoms with Crippen molar-refractivity contribution in [3.63, 3.8) is 0 Å². The van der Waals surface area contributed by atoms with Crippen molar-refractivity contribution in [3.05, 3.63) is 53.1 Å². The van der Waals surface area contributed by atoms with Crippen LogP contribution in [0.4, 0.5) is 11.5 Å². The minimum Gasteiger partial charge on any atom is -0.384 e. The number of H-pyrrole nitrogens is 1. The monoisotopic (exact) mass is 462 g/mol. The van der Waals surface area contributed by atoms with Crippen LogP contribution < -0.4 is 10.2 Å². The number of rotatable bonds is 7. The van der Waals surface area contributed by atoms with Crippen LogP contribution in [0.3, 0.4) is 0 Å². The minimum absolute atomic E-state index is 0.663. The molecule has 33 heavy (non-hydrogen) atoms. The van der Waals surface area contributed by atoms with E-state index in [2.05, 4.69) is 73.1 Å². The number of methoxy groups -OCH3 is 1. The number of ether oxygens (including phenoxy) is 1. The Morgan fingerprint density at radius 3 is 2.79 bits per heavy atom. The zero-order valence-corrected chi connectivity index (χ0v) is 20.0. The fourth-order valence-electron chi connectivity index (χ4n) is 4.89. The topological polar surface area (TPSA) is 71.0 Å². The first kappa shape index (κ1) is 21.9. The quantitative estimate of drug-likeness (QED) is 0.371. The van der Waals surface area contributed by atoms with Gasteiger partial charge in [-0.3, -0.25) is 0 Å². The molecule has 0 atom stereocenters. The Morgan fingerprint density at radius 2 is 2.00 bits per heavy atom. The van der Waals surface area contributed by atoms with Crippen molar-refractivity contribution in [1.29, 1.82) is 0 Å². The van der Waals surface area contributed by atoms with Gasteiger partial charge in [0.15, 0.2) is 4.77 Å². The maximum Gasteiger partial charge on any atom is 0.178 e. The number of nitrogens with zero attached hydrogens (tertiary/aromatic N) is 4. The highest BCUT2D eigenvalue weighted by molar-refractivity contribution is 7.71. The van der Waals surface area contributed by atoms with E-state index in [1.165, 1.54) is 24.1 Å². The number of para-hydroxylation sites is 1. The summed E-state index contributed by atoms with van der Waals surface area (Å²) in [5.74, 6) is 1.50. The molecule has 7 nitrogen and oxygen atoms in total. The summed E-state index contributed by atoms with van der Waals surface area (Å²) in [5, 5.41) is 4.56. The molecule has 8 heteroatoms. The van der Waals surface area contributed by atoms with Crippen LogP contribution in [0.15, 0.2) is 42.7 Å². The Kier molecular flexibility index (Phi) is 6.28. The summed E-state index contributed by atoms with van der Waals surface area (Å²) >= 11 is 5.48. The van der Waals surface area contributed by atoms with Gasteiger partial charge in [-0.05, 0) is 61.7 Å². The number of anilines is 2. The highest BCUT2D eigenvalue weighted by Gasteiger charge is 2.21. The van der Waals surface area contributed by atoms with E-state index in [0.29, 0.717) is 12.5 Å². The van der Waals surface area contributed by atoms with Gasteiger partial charge >= 0.3 is 0 Å². The van der Waals surface area contributed by atoms with Crippen LogP contribution in [0, 0.1) is 10.7 Å². The van der Waals surface area contributed by atoms with Crippen LogP contribution in [-0.4, -0.2) is 46.3 Å². The van der Waals surface area contributed by atoms with Gasteiger partial charge in [0.05, 0.1) is 16.6 Å². The number of fused-ring (bicyclic) bond motifs is 2. The van der Waals surface area contributed by atoms with Gasteiger partial charge in [-0.2, -0.15) is 0 Å². The van der Waals surface area contributed by atoms with Gasteiger partial charge in [0.25, 0.3) is 0 Å². The van der Waals surface area contributed by atoms with E-state index in [1.807, 2.05) is 0 Å².